The van der Waals surface area contributed by atoms with Gasteiger partial charge < -0.3 is 4.98 Å². The second-order valence-electron chi connectivity index (χ2n) is 6.53. The number of rotatable bonds is 6. The summed E-state index contributed by atoms with van der Waals surface area (Å²) in [4.78, 5) is 6.72. The van der Waals surface area contributed by atoms with Crippen molar-refractivity contribution in [3.63, 3.8) is 0 Å². The fraction of sp³-hybridized carbons (Fsp3) is 0.0556. The summed E-state index contributed by atoms with van der Waals surface area (Å²) in [5, 5.41) is 1.11. The first kappa shape index (κ1) is 21.9. The average molecular weight is 517 g/mol. The summed E-state index contributed by atoms with van der Waals surface area (Å²) >= 11 is 12.9. The molecule has 0 spiro atoms. The maximum absolute atomic E-state index is 12.9. The minimum atomic E-state index is -4.05. The molecule has 0 radical (unpaired) electrons. The molecule has 13 heteroatoms. The molecular formula is C18H14Cl2N4O4S3. The number of fused-ring (bicyclic) bond motifs is 1. The molecule has 162 valence electrons. The lowest BCUT2D eigenvalue weighted by Gasteiger charge is -2.08. The minimum absolute atomic E-state index is 0.0225. The predicted molar refractivity (Wildman–Crippen MR) is 123 cm³/mol. The van der Waals surface area contributed by atoms with Crippen LogP contribution < -0.4 is 9.44 Å². The molecule has 0 amide bonds. The first-order valence-electron chi connectivity index (χ1n) is 8.59. The number of anilines is 2. The second-order valence-corrected chi connectivity index (χ2v) is 12.2. The summed E-state index contributed by atoms with van der Waals surface area (Å²) in [6.45, 7) is 1.71. The number of hydrogen-bond acceptors (Lipinski definition) is 6. The quantitative estimate of drug-likeness (QED) is 0.338. The fourth-order valence-electron chi connectivity index (χ4n) is 2.83. The fourth-order valence-corrected chi connectivity index (χ4v) is 6.98. The number of aromatic nitrogens is 2. The molecule has 3 heterocycles. The first-order chi connectivity index (χ1) is 14.6. The number of sulfonamides is 2. The number of aromatic amines is 1. The van der Waals surface area contributed by atoms with Gasteiger partial charge in [-0.25, -0.2) is 16.8 Å². The second kappa shape index (κ2) is 7.99. The zero-order chi connectivity index (χ0) is 22.4. The van der Waals surface area contributed by atoms with Gasteiger partial charge in [-0.1, -0.05) is 35.3 Å². The third kappa shape index (κ3) is 4.37. The van der Waals surface area contributed by atoms with Gasteiger partial charge in [0.05, 0.1) is 21.9 Å². The number of aryl methyl sites for hydroxylation is 1. The van der Waals surface area contributed by atoms with Crippen LogP contribution in [-0.2, 0) is 20.0 Å². The van der Waals surface area contributed by atoms with E-state index < -0.39 is 20.0 Å². The Morgan fingerprint density at radius 3 is 2.48 bits per heavy atom. The maximum Gasteiger partial charge on any atom is 0.271 e. The largest absolute Gasteiger partial charge is 0.358 e. The van der Waals surface area contributed by atoms with Crippen molar-refractivity contribution in [2.75, 3.05) is 9.44 Å². The summed E-state index contributed by atoms with van der Waals surface area (Å²) in [6, 6.07) is 7.60. The molecule has 0 saturated heterocycles. The molecule has 0 atom stereocenters. The molecule has 4 rings (SSSR count). The summed E-state index contributed by atoms with van der Waals surface area (Å²) in [5.41, 5.74) is 1.42. The van der Waals surface area contributed by atoms with Crippen LogP contribution in [0.5, 0.6) is 0 Å². The molecule has 3 aromatic heterocycles. The predicted octanol–water partition coefficient (Wildman–Crippen LogP) is 4.84. The lowest BCUT2D eigenvalue weighted by atomic mass is 10.2. The van der Waals surface area contributed by atoms with Crippen molar-refractivity contribution in [1.82, 2.24) is 9.97 Å². The number of nitrogens with zero attached hydrogens (tertiary/aromatic N) is 1. The van der Waals surface area contributed by atoms with Gasteiger partial charge in [0.2, 0.25) is 0 Å². The molecule has 31 heavy (non-hydrogen) atoms. The molecule has 4 aromatic rings. The summed E-state index contributed by atoms with van der Waals surface area (Å²) in [6.07, 6.45) is 4.26. The highest BCUT2D eigenvalue weighted by Gasteiger charge is 2.24. The Labute approximate surface area is 192 Å². The van der Waals surface area contributed by atoms with E-state index in [0.717, 1.165) is 17.4 Å². The maximum atomic E-state index is 12.9. The number of nitrogens with one attached hydrogen (secondary N) is 3. The first-order valence-corrected chi connectivity index (χ1v) is 13.1. The third-order valence-electron chi connectivity index (χ3n) is 4.24. The summed E-state index contributed by atoms with van der Waals surface area (Å²) < 4.78 is 55.7. The molecule has 0 bridgehead atoms. The van der Waals surface area contributed by atoms with Gasteiger partial charge in [0.15, 0.2) is 0 Å². The number of halogens is 2. The van der Waals surface area contributed by atoms with E-state index in [1.807, 2.05) is 0 Å². The molecule has 3 N–H and O–H groups in total. The number of thiophene rings is 1. The Morgan fingerprint density at radius 1 is 1.00 bits per heavy atom. The normalized spacial score (nSPS) is 12.2. The number of H-pyrrole nitrogens is 1. The summed E-state index contributed by atoms with van der Waals surface area (Å²) in [7, 11) is -8.05. The zero-order valence-corrected chi connectivity index (χ0v) is 19.6. The van der Waals surface area contributed by atoms with Crippen molar-refractivity contribution in [1.29, 1.82) is 0 Å². The Balaban J connectivity index is 1.64. The molecule has 0 fully saturated rings. The molecule has 0 aliphatic rings. The molecule has 0 unspecified atom stereocenters. The van der Waals surface area contributed by atoms with Crippen LogP contribution >= 0.6 is 34.5 Å². The van der Waals surface area contributed by atoms with Crippen molar-refractivity contribution < 1.29 is 16.8 Å². The van der Waals surface area contributed by atoms with Crippen molar-refractivity contribution >= 4 is 76.9 Å². The van der Waals surface area contributed by atoms with E-state index in [0.29, 0.717) is 27.2 Å². The standard InChI is InChI=1S/C18H14Cl2N4O4S3/c1-10-5-11(8-21-7-10)30(25,26)24-15-6-16(29-18(15)20)31(27,28)23-14-4-2-3-12-13(19)9-22-17(12)14/h2-9,22-24H,1H3. The highest BCUT2D eigenvalue weighted by molar-refractivity contribution is 7.95. The van der Waals surface area contributed by atoms with Crippen LogP contribution in [0.1, 0.15) is 5.56 Å². The van der Waals surface area contributed by atoms with Crippen LogP contribution in [0.2, 0.25) is 9.36 Å². The molecule has 0 aliphatic carbocycles. The molecular weight excluding hydrogens is 503 g/mol. The van der Waals surface area contributed by atoms with Crippen molar-refractivity contribution in [3.8, 4) is 0 Å². The van der Waals surface area contributed by atoms with Gasteiger partial charge in [0, 0.05) is 24.0 Å². The Morgan fingerprint density at radius 2 is 1.74 bits per heavy atom. The molecule has 8 nitrogen and oxygen atoms in total. The SMILES string of the molecule is Cc1cncc(S(=O)(=O)Nc2cc(S(=O)(=O)Nc3cccc4c(Cl)c[nH]c34)sc2Cl)c1. The van der Waals surface area contributed by atoms with Gasteiger partial charge >= 0.3 is 0 Å². The Hall–Kier alpha value is -2.31. The lowest BCUT2D eigenvalue weighted by molar-refractivity contribution is 0.599. The van der Waals surface area contributed by atoms with E-state index in [2.05, 4.69) is 19.4 Å². The van der Waals surface area contributed by atoms with Gasteiger partial charge in [0.1, 0.15) is 13.4 Å². The van der Waals surface area contributed by atoms with E-state index in [1.165, 1.54) is 18.5 Å². The highest BCUT2D eigenvalue weighted by Crippen LogP contribution is 2.37. The van der Waals surface area contributed by atoms with Crippen LogP contribution in [0.15, 0.2) is 58.0 Å². The number of pyridine rings is 1. The van der Waals surface area contributed by atoms with Gasteiger partial charge in [-0.3, -0.25) is 14.4 Å². The smallest absolute Gasteiger partial charge is 0.271 e. The number of hydrogen-bond donors (Lipinski definition) is 3. The monoisotopic (exact) mass is 516 g/mol. The van der Waals surface area contributed by atoms with Gasteiger partial charge in [-0.05, 0) is 30.7 Å². The van der Waals surface area contributed by atoms with Crippen molar-refractivity contribution in [2.24, 2.45) is 0 Å². The van der Waals surface area contributed by atoms with Crippen molar-refractivity contribution in [2.45, 2.75) is 16.0 Å². The number of benzene rings is 1. The van der Waals surface area contributed by atoms with Crippen LogP contribution in [0, 0.1) is 6.92 Å². The van der Waals surface area contributed by atoms with Gasteiger partial charge in [-0.2, -0.15) is 0 Å². The van der Waals surface area contributed by atoms with E-state index in [4.69, 9.17) is 23.2 Å². The van der Waals surface area contributed by atoms with E-state index in [-0.39, 0.29) is 19.1 Å². The number of para-hydroxylation sites is 1. The van der Waals surface area contributed by atoms with Gasteiger partial charge in [-0.15, -0.1) is 11.3 Å². The third-order valence-corrected chi connectivity index (χ3v) is 9.09. The molecule has 0 saturated carbocycles. The lowest BCUT2D eigenvalue weighted by Crippen LogP contribution is -2.14. The average Bonchev–Trinajstić information content (AvgIpc) is 3.26. The Bertz CT molecular complexity index is 1510. The van der Waals surface area contributed by atoms with Crippen molar-refractivity contribution in [3.05, 3.63) is 63.8 Å². The van der Waals surface area contributed by atoms with Crippen LogP contribution in [-0.4, -0.2) is 26.8 Å². The topological polar surface area (TPSA) is 121 Å². The summed E-state index contributed by atoms with van der Waals surface area (Å²) in [5.74, 6) is 0. The van der Waals surface area contributed by atoms with Crippen LogP contribution in [0.25, 0.3) is 10.9 Å². The van der Waals surface area contributed by atoms with E-state index >= 15 is 0 Å². The molecule has 0 aliphatic heterocycles. The Kier molecular flexibility index (Phi) is 5.64. The molecule has 1 aromatic carbocycles. The van der Waals surface area contributed by atoms with Gasteiger partial charge in [0.25, 0.3) is 20.0 Å². The highest BCUT2D eigenvalue weighted by atomic mass is 35.5. The van der Waals surface area contributed by atoms with E-state index in [9.17, 15) is 16.8 Å². The zero-order valence-electron chi connectivity index (χ0n) is 15.7. The minimum Gasteiger partial charge on any atom is -0.358 e. The van der Waals surface area contributed by atoms with Crippen LogP contribution in [0.4, 0.5) is 11.4 Å². The van der Waals surface area contributed by atoms with E-state index in [1.54, 1.807) is 31.3 Å². The van der Waals surface area contributed by atoms with Crippen LogP contribution in [0.3, 0.4) is 0 Å².